The molecule has 0 unspecified atom stereocenters. The molecule has 1 saturated heterocycles. The number of aryl methyl sites for hydroxylation is 1. The second-order valence-electron chi connectivity index (χ2n) is 7.88. The molecule has 1 fully saturated rings. The lowest BCUT2D eigenvalue weighted by Crippen LogP contribution is -2.40. The third-order valence-corrected chi connectivity index (χ3v) is 5.25. The molecule has 3 aromatic rings. The number of nitrogens with one attached hydrogen (secondary N) is 2. The Hall–Kier alpha value is -3.70. The zero-order valence-electron chi connectivity index (χ0n) is 18.4. The zero-order chi connectivity index (χ0) is 23.0. The van der Waals surface area contributed by atoms with Crippen LogP contribution in [0.1, 0.15) is 19.9 Å². The Bertz CT molecular complexity index is 1160. The minimum Gasteiger partial charge on any atom is -0.478 e. The van der Waals surface area contributed by atoms with Gasteiger partial charge in [0.25, 0.3) is 5.88 Å². The molecule has 1 amide bonds. The van der Waals surface area contributed by atoms with Crippen molar-refractivity contribution in [3.63, 3.8) is 0 Å². The number of anilines is 3. The number of methoxy groups -OCH3 is 1. The van der Waals surface area contributed by atoms with Crippen molar-refractivity contribution < 1.29 is 13.9 Å². The van der Waals surface area contributed by atoms with Crippen LogP contribution in [-0.2, 0) is 11.8 Å². The summed E-state index contributed by atoms with van der Waals surface area (Å²) in [4.78, 5) is 27.2. The van der Waals surface area contributed by atoms with E-state index < -0.39 is 18.1 Å². The average molecular weight is 443 g/mol. The SMILES string of the molecule is C=CC(=O)N[C@@H]1CN(c2nc(Nc3cn(C)nc3OC)c3ncn(C(C)C)c3n2)C[C@@H]1F. The van der Waals surface area contributed by atoms with Crippen LogP contribution < -0.4 is 20.3 Å². The van der Waals surface area contributed by atoms with E-state index in [1.54, 1.807) is 29.2 Å². The van der Waals surface area contributed by atoms with E-state index in [0.29, 0.717) is 34.5 Å². The van der Waals surface area contributed by atoms with E-state index in [4.69, 9.17) is 4.74 Å². The fraction of sp³-hybridized carbons (Fsp3) is 0.450. The molecule has 0 aromatic carbocycles. The van der Waals surface area contributed by atoms with E-state index in [2.05, 4.69) is 37.3 Å². The summed E-state index contributed by atoms with van der Waals surface area (Å²) in [6.07, 6.45) is 3.33. The highest BCUT2D eigenvalue weighted by atomic mass is 19.1. The Kier molecular flexibility index (Phi) is 5.68. The van der Waals surface area contributed by atoms with Gasteiger partial charge in [0.05, 0.1) is 32.2 Å². The molecule has 12 heteroatoms. The first-order valence-corrected chi connectivity index (χ1v) is 10.2. The quantitative estimate of drug-likeness (QED) is 0.531. The van der Waals surface area contributed by atoms with Crippen LogP contribution in [0.4, 0.5) is 21.8 Å². The average Bonchev–Trinajstić information content (AvgIpc) is 3.44. The molecule has 3 aromatic heterocycles. The van der Waals surface area contributed by atoms with E-state index in [9.17, 15) is 9.18 Å². The first kappa shape index (κ1) is 21.5. The van der Waals surface area contributed by atoms with Gasteiger partial charge in [-0.3, -0.25) is 9.48 Å². The minimum absolute atomic E-state index is 0.0546. The monoisotopic (exact) mass is 443 g/mol. The lowest BCUT2D eigenvalue weighted by atomic mass is 10.2. The zero-order valence-corrected chi connectivity index (χ0v) is 18.4. The van der Waals surface area contributed by atoms with Crippen molar-refractivity contribution in [1.29, 1.82) is 0 Å². The van der Waals surface area contributed by atoms with Crippen LogP contribution in [0.5, 0.6) is 5.88 Å². The summed E-state index contributed by atoms with van der Waals surface area (Å²) >= 11 is 0. The lowest BCUT2D eigenvalue weighted by Gasteiger charge is -2.18. The van der Waals surface area contributed by atoms with E-state index >= 15 is 0 Å². The molecular formula is C20H26FN9O2. The molecule has 4 rings (SSSR count). The Labute approximate surface area is 184 Å². The number of halogens is 1. The molecule has 4 heterocycles. The number of hydrogen-bond acceptors (Lipinski definition) is 8. The number of hydrogen-bond donors (Lipinski definition) is 2. The third kappa shape index (κ3) is 3.95. The lowest BCUT2D eigenvalue weighted by molar-refractivity contribution is -0.117. The summed E-state index contributed by atoms with van der Waals surface area (Å²) in [5.74, 6) is 0.772. The van der Waals surface area contributed by atoms with E-state index in [1.807, 2.05) is 18.4 Å². The minimum atomic E-state index is -1.26. The Morgan fingerprint density at radius 3 is 2.84 bits per heavy atom. The van der Waals surface area contributed by atoms with Gasteiger partial charge in [-0.05, 0) is 19.9 Å². The maximum Gasteiger partial charge on any atom is 0.256 e. The predicted octanol–water partition coefficient (Wildman–Crippen LogP) is 1.72. The first-order chi connectivity index (χ1) is 15.3. The molecule has 2 atom stereocenters. The number of nitrogens with zero attached hydrogens (tertiary/aromatic N) is 7. The van der Waals surface area contributed by atoms with Crippen LogP contribution in [0, 0.1) is 0 Å². The van der Waals surface area contributed by atoms with Gasteiger partial charge in [-0.25, -0.2) is 9.37 Å². The standard InChI is InChI=1S/C20H26FN9O2/c1-6-15(31)23-13-9-29(7-12(13)21)20-25-17(24-14-8-28(4)27-19(14)32-5)16-18(26-20)30(10-22-16)11(2)3/h6,8,10-13H,1,7,9H2,2-5H3,(H,23,31)(H,24,25,26)/t12-,13+/m0/s1. The van der Waals surface area contributed by atoms with Gasteiger partial charge in [0.2, 0.25) is 11.9 Å². The molecule has 32 heavy (non-hydrogen) atoms. The van der Waals surface area contributed by atoms with Crippen LogP contribution in [0.25, 0.3) is 11.2 Å². The number of fused-ring (bicyclic) bond motifs is 1. The number of carbonyl (C=O) groups excluding carboxylic acids is 1. The second kappa shape index (κ2) is 8.44. The molecule has 0 radical (unpaired) electrons. The summed E-state index contributed by atoms with van der Waals surface area (Å²) in [5, 5.41) is 10.1. The number of aromatic nitrogens is 6. The fourth-order valence-corrected chi connectivity index (χ4v) is 3.65. The highest BCUT2D eigenvalue weighted by Crippen LogP contribution is 2.31. The van der Waals surface area contributed by atoms with Gasteiger partial charge < -0.3 is 24.8 Å². The number of amides is 1. The van der Waals surface area contributed by atoms with Crippen molar-refractivity contribution in [2.75, 3.05) is 30.4 Å². The van der Waals surface area contributed by atoms with Crippen molar-refractivity contribution in [3.8, 4) is 5.88 Å². The molecule has 0 spiro atoms. The number of carbonyl (C=O) groups is 1. The summed E-state index contributed by atoms with van der Waals surface area (Å²) in [7, 11) is 3.32. The van der Waals surface area contributed by atoms with Crippen molar-refractivity contribution in [3.05, 3.63) is 25.2 Å². The normalized spacial score (nSPS) is 18.4. The second-order valence-corrected chi connectivity index (χ2v) is 7.88. The molecule has 1 aliphatic rings. The Morgan fingerprint density at radius 1 is 1.38 bits per heavy atom. The summed E-state index contributed by atoms with van der Waals surface area (Å²) in [6.45, 7) is 7.75. The van der Waals surface area contributed by atoms with Crippen LogP contribution in [0.3, 0.4) is 0 Å². The molecule has 0 bridgehead atoms. The van der Waals surface area contributed by atoms with E-state index in [1.165, 1.54) is 7.11 Å². The smallest absolute Gasteiger partial charge is 0.256 e. The van der Waals surface area contributed by atoms with E-state index in [-0.39, 0.29) is 19.1 Å². The van der Waals surface area contributed by atoms with Crippen molar-refractivity contribution in [2.24, 2.45) is 7.05 Å². The van der Waals surface area contributed by atoms with Crippen molar-refractivity contribution >= 4 is 34.5 Å². The van der Waals surface area contributed by atoms with Gasteiger partial charge in [0.15, 0.2) is 17.0 Å². The Balaban J connectivity index is 1.74. The van der Waals surface area contributed by atoms with Gasteiger partial charge >= 0.3 is 0 Å². The maximum absolute atomic E-state index is 14.6. The summed E-state index contributed by atoms with van der Waals surface area (Å²) in [6, 6.07) is -0.569. The largest absolute Gasteiger partial charge is 0.478 e. The number of rotatable bonds is 7. The van der Waals surface area contributed by atoms with Crippen LogP contribution in [0.2, 0.25) is 0 Å². The summed E-state index contributed by atoms with van der Waals surface area (Å²) in [5.41, 5.74) is 1.80. The Morgan fingerprint density at radius 2 is 2.16 bits per heavy atom. The molecule has 170 valence electrons. The molecular weight excluding hydrogens is 417 g/mol. The predicted molar refractivity (Wildman–Crippen MR) is 118 cm³/mol. The van der Waals surface area contributed by atoms with Crippen LogP contribution in [-0.4, -0.2) is 67.6 Å². The van der Waals surface area contributed by atoms with Crippen LogP contribution >= 0.6 is 0 Å². The fourth-order valence-electron chi connectivity index (χ4n) is 3.65. The topological polar surface area (TPSA) is 115 Å². The molecule has 11 nitrogen and oxygen atoms in total. The van der Waals surface area contributed by atoms with Gasteiger partial charge in [0, 0.05) is 19.6 Å². The first-order valence-electron chi connectivity index (χ1n) is 10.2. The van der Waals surface area contributed by atoms with Gasteiger partial charge in [-0.2, -0.15) is 9.97 Å². The van der Waals surface area contributed by atoms with Crippen LogP contribution in [0.15, 0.2) is 25.2 Å². The van der Waals surface area contributed by atoms with E-state index in [0.717, 1.165) is 6.08 Å². The molecule has 0 aliphatic carbocycles. The maximum atomic E-state index is 14.6. The van der Waals surface area contributed by atoms with Gasteiger partial charge in [0.1, 0.15) is 11.9 Å². The highest BCUT2D eigenvalue weighted by Gasteiger charge is 2.35. The summed E-state index contributed by atoms with van der Waals surface area (Å²) < 4.78 is 23.5. The van der Waals surface area contributed by atoms with Gasteiger partial charge in [-0.15, -0.1) is 5.10 Å². The molecule has 2 N–H and O–H groups in total. The van der Waals surface area contributed by atoms with Gasteiger partial charge in [-0.1, -0.05) is 6.58 Å². The van der Waals surface area contributed by atoms with Crippen molar-refractivity contribution in [2.45, 2.75) is 32.1 Å². The third-order valence-electron chi connectivity index (χ3n) is 5.25. The number of alkyl halides is 1. The molecule has 0 saturated carbocycles. The van der Waals surface area contributed by atoms with Crippen molar-refractivity contribution in [1.82, 2.24) is 34.6 Å². The highest BCUT2D eigenvalue weighted by molar-refractivity contribution is 5.88. The molecule has 1 aliphatic heterocycles. The number of imidazole rings is 1. The number of ether oxygens (including phenoxy) is 1.